The Morgan fingerprint density at radius 2 is 1.46 bits per heavy atom. The van der Waals surface area contributed by atoms with E-state index < -0.39 is 47.3 Å². The molecule has 2 aromatic rings. The molecule has 0 spiro atoms. The fourth-order valence-corrected chi connectivity index (χ4v) is 8.87. The van der Waals surface area contributed by atoms with Gasteiger partial charge in [-0.25, -0.2) is 0 Å². The van der Waals surface area contributed by atoms with Crippen LogP contribution in [0.15, 0.2) is 30.5 Å². The van der Waals surface area contributed by atoms with Crippen molar-refractivity contribution < 1.29 is 49.3 Å². The lowest BCUT2D eigenvalue weighted by Gasteiger charge is -2.42. The summed E-state index contributed by atoms with van der Waals surface area (Å²) in [5.74, 6) is -0.777. The van der Waals surface area contributed by atoms with Gasteiger partial charge in [-0.1, -0.05) is 66.5 Å². The average molecular weight is 988 g/mol. The molecule has 0 fully saturated rings. The number of hydrogen-bond donors (Lipinski definition) is 6. The number of carbonyl (C=O) groups is 1. The number of methoxy groups -OCH3 is 2. The normalized spacial score (nSPS) is 18.8. The lowest BCUT2D eigenvalue weighted by molar-refractivity contribution is -0.163. The van der Waals surface area contributed by atoms with Crippen molar-refractivity contribution in [2.45, 2.75) is 195 Å². The summed E-state index contributed by atoms with van der Waals surface area (Å²) >= 11 is 6.05. The number of nitrogens with zero attached hydrogens (tertiary/aromatic N) is 3. The minimum atomic E-state index is -1.38. The third-order valence-electron chi connectivity index (χ3n) is 13.6. The van der Waals surface area contributed by atoms with Gasteiger partial charge in [-0.2, -0.15) is 0 Å². The molecule has 0 aliphatic heterocycles. The second-order valence-electron chi connectivity index (χ2n) is 20.4. The maximum atomic E-state index is 11.0. The van der Waals surface area contributed by atoms with Crippen LogP contribution in [0.3, 0.4) is 0 Å². The number of aliphatic hydroxyl groups excluding tert-OH is 4. The van der Waals surface area contributed by atoms with Gasteiger partial charge in [0.25, 0.3) is 0 Å². The predicted octanol–water partition coefficient (Wildman–Crippen LogP) is 8.11. The van der Waals surface area contributed by atoms with Gasteiger partial charge >= 0.3 is 0 Å². The molecule has 0 aliphatic rings. The maximum absolute atomic E-state index is 11.0. The number of benzene rings is 1. The fourth-order valence-electron chi connectivity index (χ4n) is 8.70. The number of nitrogens with one attached hydrogen (secondary N) is 1. The molecule has 15 heteroatoms. The Morgan fingerprint density at radius 1 is 0.853 bits per heavy atom. The van der Waals surface area contributed by atoms with E-state index in [4.69, 9.17) is 35.7 Å². The van der Waals surface area contributed by atoms with Crippen molar-refractivity contribution in [2.75, 3.05) is 67.0 Å². The Balaban J connectivity index is 0.00000110. The van der Waals surface area contributed by atoms with Crippen molar-refractivity contribution in [1.82, 2.24) is 14.8 Å². The Bertz CT molecular complexity index is 1620. The summed E-state index contributed by atoms with van der Waals surface area (Å²) < 4.78 is 22.1. The molecule has 398 valence electrons. The number of pyridine rings is 1. The molecular weight excluding hydrogens is 888 g/mol. The highest BCUT2D eigenvalue weighted by Crippen LogP contribution is 2.36. The number of aldehydes is 1. The number of hydrogen-bond acceptors (Lipinski definition) is 14. The molecule has 1 aromatic heterocycles. The summed E-state index contributed by atoms with van der Waals surface area (Å²) in [5, 5.41) is 57.2. The second kappa shape index (κ2) is 33.6. The molecule has 0 amide bonds. The number of carbonyl (C=O) groups excluding carboxylic acids is 1. The first-order valence-electron chi connectivity index (χ1n) is 25.0. The summed E-state index contributed by atoms with van der Waals surface area (Å²) in [6.45, 7) is 27.8. The molecule has 14 nitrogen and oxygen atoms in total. The Kier molecular flexibility index (Phi) is 32.6. The third kappa shape index (κ3) is 23.0. The number of likely N-dealkylation sites (N-methyl/N-ethyl adjacent to an activating group) is 2. The average Bonchev–Trinajstić information content (AvgIpc) is 3.28. The SMILES string of the molecule is CCCCOC(C)[C@@H](C)O.CC[C@@H](OC)[C@@](C)(O)C(O)C(C)N(C)C[C@H](C)CC(C)(C)[C@H](O)[C@@H](C)[C@H](O)C(C)C=O.COC(C)CC([C@H](C)OCCCNc1ccnc2cc(Cl)ccc12)N(C)C. The summed E-state index contributed by atoms with van der Waals surface area (Å²) in [6.07, 6.45) is 4.79. The lowest BCUT2D eigenvalue weighted by atomic mass is 9.72. The van der Waals surface area contributed by atoms with Gasteiger partial charge in [-0.3, -0.25) is 4.98 Å². The zero-order valence-corrected chi connectivity index (χ0v) is 46.3. The van der Waals surface area contributed by atoms with Gasteiger partial charge in [0.15, 0.2) is 0 Å². The summed E-state index contributed by atoms with van der Waals surface area (Å²) in [7, 11) is 9.39. The van der Waals surface area contributed by atoms with Crippen molar-refractivity contribution in [3.63, 3.8) is 0 Å². The van der Waals surface area contributed by atoms with Gasteiger partial charge in [0.2, 0.25) is 0 Å². The van der Waals surface area contributed by atoms with E-state index in [1.807, 2.05) is 70.8 Å². The molecule has 0 radical (unpaired) electrons. The standard InChI is InChI=1S/C24H49NO6.C21H32ClN3O2.C8H18O2/c1-11-19(31-10)24(8,30)22(29)18(5)25(9)13-15(2)12-23(6,7)21(28)17(4)20(27)16(3)14-26;1-15(26-5)13-21(25(3)4)16(2)27-12-6-10-23-19-9-11-24-20-14-17(22)7-8-18(19)20;1-4-5-6-10-8(3)7(2)9/h14-22,27-30H,11-13H2,1-10H3;7-9,11,14-16,21H,6,10,12-13H2,1-5H3,(H,23,24);7-9H,4-6H2,1-3H3/t15-,16?,17+,18?,19-,20-,21-,22?,24-;15?,16-,21?;7-,8?/m101/s1. The molecule has 2 rings (SSSR count). The summed E-state index contributed by atoms with van der Waals surface area (Å²) in [4.78, 5) is 19.6. The maximum Gasteiger partial charge on any atom is 0.125 e. The van der Waals surface area contributed by atoms with E-state index in [1.165, 1.54) is 7.11 Å². The number of ether oxygens (including phenoxy) is 4. The molecule has 6 N–H and O–H groups in total. The monoisotopic (exact) mass is 987 g/mol. The van der Waals surface area contributed by atoms with Crippen molar-refractivity contribution in [3.8, 4) is 0 Å². The van der Waals surface area contributed by atoms with Crippen LogP contribution in [0.4, 0.5) is 5.69 Å². The molecule has 0 saturated heterocycles. The first kappa shape index (κ1) is 66.0. The number of fused-ring (bicyclic) bond motifs is 1. The van der Waals surface area contributed by atoms with Crippen molar-refractivity contribution in [1.29, 1.82) is 0 Å². The van der Waals surface area contributed by atoms with Crippen LogP contribution in [0, 0.1) is 23.2 Å². The van der Waals surface area contributed by atoms with Crippen LogP contribution < -0.4 is 5.32 Å². The highest BCUT2D eigenvalue weighted by Gasteiger charge is 2.43. The van der Waals surface area contributed by atoms with E-state index in [1.54, 1.807) is 41.0 Å². The molecule has 68 heavy (non-hydrogen) atoms. The van der Waals surface area contributed by atoms with Crippen LogP contribution in [0.1, 0.15) is 129 Å². The number of rotatable bonds is 31. The molecule has 0 bridgehead atoms. The molecule has 1 heterocycles. The Hall–Kier alpha value is -2.05. The zero-order chi connectivity index (χ0) is 52.5. The van der Waals surface area contributed by atoms with Crippen molar-refractivity contribution in [2.24, 2.45) is 23.2 Å². The number of unbranched alkanes of at least 4 members (excludes halogenated alkanes) is 1. The van der Waals surface area contributed by atoms with Crippen LogP contribution in [-0.4, -0.2) is 175 Å². The molecular formula is C53H99ClN4O10. The van der Waals surface area contributed by atoms with Crippen LogP contribution >= 0.6 is 11.6 Å². The quantitative estimate of drug-likeness (QED) is 0.0314. The Labute approximate surface area is 417 Å². The molecule has 14 atom stereocenters. The van der Waals surface area contributed by atoms with Gasteiger partial charge in [0.05, 0.1) is 48.2 Å². The van der Waals surface area contributed by atoms with Gasteiger partial charge in [-0.15, -0.1) is 0 Å². The van der Waals surface area contributed by atoms with E-state index in [0.29, 0.717) is 43.3 Å². The number of aromatic nitrogens is 1. The largest absolute Gasteiger partial charge is 0.392 e. The predicted molar refractivity (Wildman–Crippen MR) is 280 cm³/mol. The van der Waals surface area contributed by atoms with E-state index in [9.17, 15) is 25.2 Å². The number of anilines is 1. The minimum absolute atomic E-state index is 0.0217. The highest BCUT2D eigenvalue weighted by molar-refractivity contribution is 6.31. The Morgan fingerprint density at radius 3 is 1.99 bits per heavy atom. The molecule has 1 aromatic carbocycles. The van der Waals surface area contributed by atoms with Gasteiger partial charge in [0, 0.05) is 86.7 Å². The van der Waals surface area contributed by atoms with E-state index in [2.05, 4.69) is 57.0 Å². The minimum Gasteiger partial charge on any atom is -0.392 e. The van der Waals surface area contributed by atoms with Crippen molar-refractivity contribution >= 4 is 34.5 Å². The first-order valence-corrected chi connectivity index (χ1v) is 25.4. The molecule has 0 aliphatic carbocycles. The lowest BCUT2D eigenvalue weighted by Crippen LogP contribution is -2.58. The van der Waals surface area contributed by atoms with Gasteiger partial charge in [0.1, 0.15) is 18.0 Å². The topological polar surface area (TPSA) is 187 Å². The first-order chi connectivity index (χ1) is 31.7. The van der Waals surface area contributed by atoms with E-state index in [0.717, 1.165) is 55.4 Å². The van der Waals surface area contributed by atoms with E-state index in [-0.39, 0.29) is 36.4 Å². The molecule has 0 saturated carbocycles. The highest BCUT2D eigenvalue weighted by atomic mass is 35.5. The van der Waals surface area contributed by atoms with Crippen molar-refractivity contribution in [3.05, 3.63) is 35.5 Å². The van der Waals surface area contributed by atoms with Gasteiger partial charge in [-0.05, 0) is 130 Å². The number of halogens is 1. The van der Waals surface area contributed by atoms with Crippen LogP contribution in [0.2, 0.25) is 5.02 Å². The smallest absolute Gasteiger partial charge is 0.125 e. The van der Waals surface area contributed by atoms with E-state index >= 15 is 0 Å². The molecule has 6 unspecified atom stereocenters. The van der Waals surface area contributed by atoms with Crippen LogP contribution in [0.5, 0.6) is 0 Å². The zero-order valence-electron chi connectivity index (χ0n) is 45.5. The summed E-state index contributed by atoms with van der Waals surface area (Å²) in [5.41, 5.74) is 0.125. The van der Waals surface area contributed by atoms with Crippen LogP contribution in [0.25, 0.3) is 10.9 Å². The third-order valence-corrected chi connectivity index (χ3v) is 13.8. The van der Waals surface area contributed by atoms with Gasteiger partial charge < -0.3 is 64.4 Å². The second-order valence-corrected chi connectivity index (χ2v) is 20.9. The fraction of sp³-hybridized carbons (Fsp3) is 0.811. The van der Waals surface area contributed by atoms with Crippen LogP contribution in [-0.2, 0) is 23.7 Å². The summed E-state index contributed by atoms with van der Waals surface area (Å²) in [6, 6.07) is 7.81. The number of aliphatic hydroxyl groups is 5.